The Morgan fingerprint density at radius 3 is 2.64 bits per heavy atom. The summed E-state index contributed by atoms with van der Waals surface area (Å²) in [4.78, 5) is 10.1. The molecule has 1 rings (SSSR count). The Bertz CT molecular complexity index is 248. The molecule has 1 aromatic heterocycles. The van der Waals surface area contributed by atoms with Crippen LogP contribution in [-0.2, 0) is 11.2 Å². The number of hydrogen-bond donors (Lipinski definition) is 2. The highest BCUT2D eigenvalue weighted by molar-refractivity contribution is 5.85. The van der Waals surface area contributed by atoms with Crippen molar-refractivity contribution in [2.75, 3.05) is 5.73 Å². The normalized spacial score (nSPS) is 8.73. The van der Waals surface area contributed by atoms with E-state index >= 15 is 0 Å². The Balaban J connectivity index is 0.000001000. The molecule has 0 aliphatic rings. The van der Waals surface area contributed by atoms with Crippen LogP contribution < -0.4 is 5.73 Å². The Morgan fingerprint density at radius 2 is 2.27 bits per heavy atom. The highest BCUT2D eigenvalue weighted by Crippen LogP contribution is 2.03. The van der Waals surface area contributed by atoms with Gasteiger partial charge in [-0.2, -0.15) is 0 Å². The summed E-state index contributed by atoms with van der Waals surface area (Å²) in [5, 5.41) is 14.7. The van der Waals surface area contributed by atoms with E-state index in [1.165, 1.54) is 0 Å². The maximum Gasteiger partial charge on any atom is 0.309 e. The van der Waals surface area contributed by atoms with E-state index in [2.05, 4.69) is 14.9 Å². The Kier molecular flexibility index (Phi) is 3.32. The number of carbonyl (C=O) groups is 1. The van der Waals surface area contributed by atoms with E-state index in [0.29, 0.717) is 0 Å². The fourth-order valence-corrected chi connectivity index (χ4v) is 0.479. The maximum absolute atomic E-state index is 10.1. The molecule has 0 aliphatic heterocycles. The fourth-order valence-electron chi connectivity index (χ4n) is 0.479. The second kappa shape index (κ2) is 3.77. The number of anilines is 1. The van der Waals surface area contributed by atoms with E-state index < -0.39 is 5.97 Å². The lowest BCUT2D eigenvalue weighted by atomic mass is 10.3. The van der Waals surface area contributed by atoms with E-state index in [1.807, 2.05) is 0 Å². The number of aromatic nitrogens is 2. The Hall–Kier alpha value is -1.30. The van der Waals surface area contributed by atoms with Crippen molar-refractivity contribution in [3.63, 3.8) is 0 Å². The van der Waals surface area contributed by atoms with Crippen molar-refractivity contribution in [2.24, 2.45) is 0 Å². The van der Waals surface area contributed by atoms with Gasteiger partial charge in [0.15, 0.2) is 5.82 Å². The number of rotatable bonds is 2. The number of hydrogen-bond acceptors (Lipinski definition) is 5. The highest BCUT2D eigenvalue weighted by atomic mass is 35.5. The molecule has 0 spiro atoms. The van der Waals surface area contributed by atoms with Crippen LogP contribution in [0.3, 0.4) is 0 Å². The van der Waals surface area contributed by atoms with Gasteiger partial charge in [0, 0.05) is 0 Å². The highest BCUT2D eigenvalue weighted by Gasteiger charge is 2.09. The van der Waals surface area contributed by atoms with Gasteiger partial charge in [-0.3, -0.25) is 4.79 Å². The van der Waals surface area contributed by atoms with Gasteiger partial charge in [0.05, 0.1) is 6.42 Å². The van der Waals surface area contributed by atoms with Crippen molar-refractivity contribution in [3.05, 3.63) is 5.69 Å². The van der Waals surface area contributed by atoms with Crippen LogP contribution >= 0.6 is 12.4 Å². The number of carboxylic acid groups (broad SMARTS) is 1. The van der Waals surface area contributed by atoms with Crippen molar-refractivity contribution in [1.29, 1.82) is 0 Å². The van der Waals surface area contributed by atoms with E-state index in [4.69, 9.17) is 10.8 Å². The fraction of sp³-hybridized carbons (Fsp3) is 0.250. The first-order valence-corrected chi connectivity index (χ1v) is 2.49. The zero-order valence-corrected chi connectivity index (χ0v) is 6.17. The molecule has 0 radical (unpaired) electrons. The molecule has 7 heteroatoms. The van der Waals surface area contributed by atoms with Crippen molar-refractivity contribution in [2.45, 2.75) is 6.42 Å². The van der Waals surface area contributed by atoms with Gasteiger partial charge in [-0.05, 0) is 5.16 Å². The van der Waals surface area contributed by atoms with Gasteiger partial charge in [0.1, 0.15) is 5.69 Å². The third-order valence-corrected chi connectivity index (χ3v) is 0.905. The summed E-state index contributed by atoms with van der Waals surface area (Å²) in [6.07, 6.45) is -0.255. The molecule has 0 atom stereocenters. The molecule has 0 aliphatic carbocycles. The van der Waals surface area contributed by atoms with Crippen molar-refractivity contribution < 1.29 is 14.5 Å². The van der Waals surface area contributed by atoms with E-state index in [9.17, 15) is 4.79 Å². The topological polar surface area (TPSA) is 102 Å². The molecule has 0 saturated carbocycles. The average molecular weight is 180 g/mol. The monoisotopic (exact) mass is 179 g/mol. The minimum atomic E-state index is -1.01. The minimum Gasteiger partial charge on any atom is -0.481 e. The summed E-state index contributed by atoms with van der Waals surface area (Å²) in [7, 11) is 0. The summed E-state index contributed by atoms with van der Waals surface area (Å²) in [5.74, 6) is -0.982. The number of nitrogens with two attached hydrogens (primary N) is 1. The van der Waals surface area contributed by atoms with Crippen LogP contribution in [0.15, 0.2) is 4.63 Å². The summed E-state index contributed by atoms with van der Waals surface area (Å²) >= 11 is 0. The standard InChI is InChI=1S/C4H5N3O3.ClH/c5-4-2(1-3(8)9)6-10-7-4;/h1H2,(H2,5,7)(H,8,9);1H. The summed E-state index contributed by atoms with van der Waals surface area (Å²) < 4.78 is 4.16. The third-order valence-electron chi connectivity index (χ3n) is 0.905. The predicted octanol–water partition coefficient (Wildman–Crippen LogP) is -0.299. The number of aliphatic carboxylic acids is 1. The van der Waals surface area contributed by atoms with Gasteiger partial charge >= 0.3 is 5.97 Å². The molecular formula is C4H6ClN3O3. The number of nitrogens with zero attached hydrogens (tertiary/aromatic N) is 2. The van der Waals surface area contributed by atoms with Gasteiger partial charge in [-0.25, -0.2) is 4.63 Å². The summed E-state index contributed by atoms with van der Waals surface area (Å²) in [6, 6.07) is 0. The third kappa shape index (κ3) is 2.42. The Morgan fingerprint density at radius 1 is 1.64 bits per heavy atom. The molecule has 0 bridgehead atoms. The van der Waals surface area contributed by atoms with Crippen molar-refractivity contribution in [1.82, 2.24) is 10.3 Å². The smallest absolute Gasteiger partial charge is 0.309 e. The number of halogens is 1. The van der Waals surface area contributed by atoms with Crippen LogP contribution in [0, 0.1) is 0 Å². The SMILES string of the molecule is Cl.Nc1nonc1CC(=O)O. The van der Waals surface area contributed by atoms with E-state index in [1.54, 1.807) is 0 Å². The summed E-state index contributed by atoms with van der Waals surface area (Å²) in [6.45, 7) is 0. The van der Waals surface area contributed by atoms with Crippen LogP contribution in [0.1, 0.15) is 5.69 Å². The Labute approximate surface area is 67.7 Å². The first-order chi connectivity index (χ1) is 4.70. The van der Waals surface area contributed by atoms with Gasteiger partial charge in [-0.15, -0.1) is 12.4 Å². The van der Waals surface area contributed by atoms with E-state index in [0.717, 1.165) is 0 Å². The minimum absolute atomic E-state index is 0. The van der Waals surface area contributed by atoms with E-state index in [-0.39, 0.29) is 30.3 Å². The van der Waals surface area contributed by atoms with Crippen molar-refractivity contribution >= 4 is 24.2 Å². The lowest BCUT2D eigenvalue weighted by Crippen LogP contribution is -2.02. The second-order valence-corrected chi connectivity index (χ2v) is 1.67. The van der Waals surface area contributed by atoms with Crippen LogP contribution in [0.4, 0.5) is 5.82 Å². The zero-order valence-electron chi connectivity index (χ0n) is 5.35. The van der Waals surface area contributed by atoms with Gasteiger partial charge < -0.3 is 10.8 Å². The molecule has 62 valence electrons. The molecule has 0 aromatic carbocycles. The molecule has 11 heavy (non-hydrogen) atoms. The molecule has 0 unspecified atom stereocenters. The first kappa shape index (κ1) is 9.70. The van der Waals surface area contributed by atoms with Crippen LogP contribution in [0.5, 0.6) is 0 Å². The van der Waals surface area contributed by atoms with Gasteiger partial charge in [0.25, 0.3) is 0 Å². The summed E-state index contributed by atoms with van der Waals surface area (Å²) in [5.41, 5.74) is 5.32. The molecule has 1 aromatic rings. The molecule has 3 N–H and O–H groups in total. The molecule has 0 fully saturated rings. The molecular weight excluding hydrogens is 174 g/mol. The predicted molar refractivity (Wildman–Crippen MR) is 37.3 cm³/mol. The molecule has 1 heterocycles. The van der Waals surface area contributed by atoms with Crippen molar-refractivity contribution in [3.8, 4) is 0 Å². The van der Waals surface area contributed by atoms with Gasteiger partial charge in [-0.1, -0.05) is 5.16 Å². The van der Waals surface area contributed by atoms with Crippen LogP contribution in [0.2, 0.25) is 0 Å². The first-order valence-electron chi connectivity index (χ1n) is 2.49. The quantitative estimate of drug-likeness (QED) is 0.646. The molecule has 0 amide bonds. The number of nitrogen functional groups attached to an aromatic ring is 1. The average Bonchev–Trinajstić information content (AvgIpc) is 2.15. The lowest BCUT2D eigenvalue weighted by molar-refractivity contribution is -0.136. The van der Waals surface area contributed by atoms with Crippen LogP contribution in [-0.4, -0.2) is 21.4 Å². The second-order valence-electron chi connectivity index (χ2n) is 1.67. The maximum atomic E-state index is 10.1. The van der Waals surface area contributed by atoms with Crippen LogP contribution in [0.25, 0.3) is 0 Å². The molecule has 0 saturated heterocycles. The largest absolute Gasteiger partial charge is 0.481 e. The lowest BCUT2D eigenvalue weighted by Gasteiger charge is -1.85. The zero-order chi connectivity index (χ0) is 7.56. The number of carboxylic acids is 1. The van der Waals surface area contributed by atoms with Gasteiger partial charge in [0.2, 0.25) is 0 Å². The molecule has 6 nitrogen and oxygen atoms in total.